The molecule has 0 fully saturated rings. The van der Waals surface area contributed by atoms with Crippen LogP contribution in [0.3, 0.4) is 0 Å². The number of hydrogen-bond acceptors (Lipinski definition) is 4. The van der Waals surface area contributed by atoms with Crippen molar-refractivity contribution in [3.63, 3.8) is 0 Å². The standard InChI is InChI=1S/C24H31ClFN3O4S/c1-6-21(23(31)27-24(2,3)4)28(15-17-7-9-18(25)10-8-17)22(30)16-29(34(5,32)33)20-13-11-19(26)12-14-20/h7-14,21H,6,15-16H2,1-5H3,(H,27,31). The first-order valence-corrected chi connectivity index (χ1v) is 13.0. The Kier molecular flexibility index (Phi) is 9.08. The predicted octanol–water partition coefficient (Wildman–Crippen LogP) is 3.97. The smallest absolute Gasteiger partial charge is 0.244 e. The van der Waals surface area contributed by atoms with Crippen LogP contribution >= 0.6 is 11.6 Å². The van der Waals surface area contributed by atoms with Gasteiger partial charge in [-0.15, -0.1) is 0 Å². The second kappa shape index (κ2) is 11.2. The zero-order valence-corrected chi connectivity index (χ0v) is 21.6. The third-order valence-electron chi connectivity index (χ3n) is 4.94. The molecule has 2 aromatic rings. The van der Waals surface area contributed by atoms with Gasteiger partial charge in [-0.3, -0.25) is 13.9 Å². The van der Waals surface area contributed by atoms with Crippen LogP contribution < -0.4 is 9.62 Å². The van der Waals surface area contributed by atoms with Gasteiger partial charge in [-0.25, -0.2) is 12.8 Å². The van der Waals surface area contributed by atoms with Crippen molar-refractivity contribution in [3.8, 4) is 0 Å². The van der Waals surface area contributed by atoms with Gasteiger partial charge >= 0.3 is 0 Å². The van der Waals surface area contributed by atoms with Crippen LogP contribution in [0.1, 0.15) is 39.7 Å². The normalized spacial score (nSPS) is 12.7. The highest BCUT2D eigenvalue weighted by Crippen LogP contribution is 2.21. The monoisotopic (exact) mass is 511 g/mol. The van der Waals surface area contributed by atoms with Crippen LogP contribution in [-0.4, -0.2) is 49.5 Å². The van der Waals surface area contributed by atoms with Gasteiger partial charge in [0.25, 0.3) is 0 Å². The molecule has 1 N–H and O–H groups in total. The molecular weight excluding hydrogens is 481 g/mol. The Morgan fingerprint density at radius 1 is 1.06 bits per heavy atom. The van der Waals surface area contributed by atoms with Crippen LogP contribution in [0.5, 0.6) is 0 Å². The number of carbonyl (C=O) groups excluding carboxylic acids is 2. The first kappa shape index (κ1) is 27.6. The van der Waals surface area contributed by atoms with E-state index < -0.39 is 39.9 Å². The molecule has 0 aliphatic carbocycles. The van der Waals surface area contributed by atoms with Crippen LogP contribution in [0, 0.1) is 5.82 Å². The quantitative estimate of drug-likeness (QED) is 0.552. The van der Waals surface area contributed by atoms with Crippen molar-refractivity contribution in [2.75, 3.05) is 17.1 Å². The highest BCUT2D eigenvalue weighted by molar-refractivity contribution is 7.92. The summed E-state index contributed by atoms with van der Waals surface area (Å²) in [6.45, 7) is 6.82. The molecular formula is C24H31ClFN3O4S. The predicted molar refractivity (Wildman–Crippen MR) is 133 cm³/mol. The first-order chi connectivity index (χ1) is 15.7. The third kappa shape index (κ3) is 7.99. The van der Waals surface area contributed by atoms with E-state index >= 15 is 0 Å². The number of rotatable bonds is 9. The molecule has 0 radical (unpaired) electrons. The van der Waals surface area contributed by atoms with Gasteiger partial charge < -0.3 is 10.2 Å². The number of nitrogens with one attached hydrogen (secondary N) is 1. The van der Waals surface area contributed by atoms with Gasteiger partial charge in [0.1, 0.15) is 18.4 Å². The number of anilines is 1. The fourth-order valence-electron chi connectivity index (χ4n) is 3.38. The minimum Gasteiger partial charge on any atom is -0.350 e. The minimum absolute atomic E-state index is 0.0765. The van der Waals surface area contributed by atoms with Gasteiger partial charge in [0.2, 0.25) is 21.8 Å². The lowest BCUT2D eigenvalue weighted by Crippen LogP contribution is -2.55. The molecule has 2 aromatic carbocycles. The molecule has 0 bridgehead atoms. The van der Waals surface area contributed by atoms with E-state index in [9.17, 15) is 22.4 Å². The van der Waals surface area contributed by atoms with Gasteiger partial charge in [-0.05, 0) is 69.2 Å². The van der Waals surface area contributed by atoms with Crippen molar-refractivity contribution >= 4 is 39.1 Å². The van der Waals surface area contributed by atoms with E-state index in [0.717, 1.165) is 28.3 Å². The molecule has 10 heteroatoms. The van der Waals surface area contributed by atoms with E-state index in [-0.39, 0.29) is 18.1 Å². The third-order valence-corrected chi connectivity index (χ3v) is 6.34. The lowest BCUT2D eigenvalue weighted by atomic mass is 10.1. The second-order valence-corrected chi connectivity index (χ2v) is 11.4. The topological polar surface area (TPSA) is 86.8 Å². The summed E-state index contributed by atoms with van der Waals surface area (Å²) in [5.41, 5.74) is 0.357. The molecule has 0 saturated carbocycles. The Balaban J connectivity index is 2.43. The number of nitrogens with zero attached hydrogens (tertiary/aromatic N) is 2. The summed E-state index contributed by atoms with van der Waals surface area (Å²) < 4.78 is 39.3. The summed E-state index contributed by atoms with van der Waals surface area (Å²) in [4.78, 5) is 28.0. The van der Waals surface area contributed by atoms with E-state index in [1.165, 1.54) is 17.0 Å². The van der Waals surface area contributed by atoms with Crippen molar-refractivity contribution in [1.82, 2.24) is 10.2 Å². The SMILES string of the molecule is CCC(C(=O)NC(C)(C)C)N(Cc1ccc(Cl)cc1)C(=O)CN(c1ccc(F)cc1)S(C)(=O)=O. The van der Waals surface area contributed by atoms with Crippen LogP contribution in [-0.2, 0) is 26.2 Å². The Morgan fingerprint density at radius 2 is 1.62 bits per heavy atom. The molecule has 0 saturated heterocycles. The summed E-state index contributed by atoms with van der Waals surface area (Å²) in [5.74, 6) is -1.44. The Bertz CT molecular complexity index is 1100. The summed E-state index contributed by atoms with van der Waals surface area (Å²) in [6.07, 6.45) is 1.29. The average molecular weight is 512 g/mol. The highest BCUT2D eigenvalue weighted by Gasteiger charge is 2.33. The van der Waals surface area contributed by atoms with Gasteiger partial charge in [-0.1, -0.05) is 30.7 Å². The number of amides is 2. The lowest BCUT2D eigenvalue weighted by Gasteiger charge is -2.34. The number of hydrogen-bond donors (Lipinski definition) is 1. The van der Waals surface area contributed by atoms with Gasteiger partial charge in [0.05, 0.1) is 11.9 Å². The molecule has 1 unspecified atom stereocenters. The Labute approximate surface area is 205 Å². The average Bonchev–Trinajstić information content (AvgIpc) is 2.72. The molecule has 7 nitrogen and oxygen atoms in total. The molecule has 0 aromatic heterocycles. The molecule has 186 valence electrons. The lowest BCUT2D eigenvalue weighted by molar-refractivity contribution is -0.141. The summed E-state index contributed by atoms with van der Waals surface area (Å²) in [6, 6.07) is 10.8. The zero-order valence-electron chi connectivity index (χ0n) is 20.0. The summed E-state index contributed by atoms with van der Waals surface area (Å²) >= 11 is 5.98. The fraction of sp³-hybridized carbons (Fsp3) is 0.417. The zero-order chi connectivity index (χ0) is 25.7. The van der Waals surface area contributed by atoms with Crippen molar-refractivity contribution in [3.05, 3.63) is 64.9 Å². The van der Waals surface area contributed by atoms with E-state index in [4.69, 9.17) is 11.6 Å². The molecule has 34 heavy (non-hydrogen) atoms. The summed E-state index contributed by atoms with van der Waals surface area (Å²) in [5, 5.41) is 3.42. The van der Waals surface area contributed by atoms with E-state index in [0.29, 0.717) is 11.4 Å². The molecule has 0 heterocycles. The number of sulfonamides is 1. The Hall–Kier alpha value is -2.65. The fourth-order valence-corrected chi connectivity index (χ4v) is 4.36. The summed E-state index contributed by atoms with van der Waals surface area (Å²) in [7, 11) is -3.87. The molecule has 1 atom stereocenters. The first-order valence-electron chi connectivity index (χ1n) is 10.8. The van der Waals surface area contributed by atoms with Crippen LogP contribution in [0.2, 0.25) is 5.02 Å². The second-order valence-electron chi connectivity index (χ2n) is 9.06. The van der Waals surface area contributed by atoms with Crippen molar-refractivity contribution in [1.29, 1.82) is 0 Å². The maximum Gasteiger partial charge on any atom is 0.244 e. The maximum atomic E-state index is 13.5. The van der Waals surface area contributed by atoms with Gasteiger partial charge in [0, 0.05) is 17.1 Å². The van der Waals surface area contributed by atoms with Crippen LogP contribution in [0.15, 0.2) is 48.5 Å². The van der Waals surface area contributed by atoms with Crippen LogP contribution in [0.25, 0.3) is 0 Å². The van der Waals surface area contributed by atoms with Crippen molar-refractivity contribution in [2.45, 2.75) is 52.2 Å². The number of carbonyl (C=O) groups is 2. The van der Waals surface area contributed by atoms with Gasteiger partial charge in [-0.2, -0.15) is 0 Å². The molecule has 0 aliphatic rings. The van der Waals surface area contributed by atoms with Crippen molar-refractivity contribution < 1.29 is 22.4 Å². The van der Waals surface area contributed by atoms with E-state index in [1.807, 2.05) is 20.8 Å². The molecule has 2 amide bonds. The highest BCUT2D eigenvalue weighted by atomic mass is 35.5. The molecule has 0 aliphatic heterocycles. The number of halogens is 2. The van der Waals surface area contributed by atoms with Gasteiger partial charge in [0.15, 0.2) is 0 Å². The van der Waals surface area contributed by atoms with Crippen molar-refractivity contribution in [2.24, 2.45) is 0 Å². The van der Waals surface area contributed by atoms with E-state index in [1.54, 1.807) is 31.2 Å². The van der Waals surface area contributed by atoms with E-state index in [2.05, 4.69) is 5.32 Å². The minimum atomic E-state index is -3.87. The molecule has 2 rings (SSSR count). The number of benzene rings is 2. The Morgan fingerprint density at radius 3 is 2.09 bits per heavy atom. The van der Waals surface area contributed by atoms with Crippen LogP contribution in [0.4, 0.5) is 10.1 Å². The largest absolute Gasteiger partial charge is 0.350 e. The molecule has 0 spiro atoms. The maximum absolute atomic E-state index is 13.5.